The van der Waals surface area contributed by atoms with Crippen LogP contribution in [0.1, 0.15) is 21.5 Å². The molecule has 0 bridgehead atoms. The molecule has 0 saturated carbocycles. The Kier molecular flexibility index (Phi) is 3.61. The van der Waals surface area contributed by atoms with Crippen LogP contribution >= 0.6 is 0 Å². The van der Waals surface area contributed by atoms with E-state index in [-0.39, 0.29) is 5.75 Å². The molecule has 0 saturated heterocycles. The highest BCUT2D eigenvalue weighted by molar-refractivity contribution is 5.94. The van der Waals surface area contributed by atoms with E-state index in [9.17, 15) is 9.90 Å². The van der Waals surface area contributed by atoms with Crippen molar-refractivity contribution in [3.05, 3.63) is 59.2 Å². The summed E-state index contributed by atoms with van der Waals surface area (Å²) in [6.45, 7) is 1.94. The number of nitrogens with zero attached hydrogens (tertiary/aromatic N) is 1. The van der Waals surface area contributed by atoms with E-state index in [1.165, 1.54) is 0 Å². The third-order valence-electron chi connectivity index (χ3n) is 2.67. The zero-order chi connectivity index (χ0) is 13.8. The molecule has 0 aliphatic heterocycles. The number of amides is 1. The molecule has 1 amide bonds. The quantitative estimate of drug-likeness (QED) is 0.826. The summed E-state index contributed by atoms with van der Waals surface area (Å²) in [5.41, 5.74) is 7.88. The molecular formula is C15H14N2O2. The summed E-state index contributed by atoms with van der Waals surface area (Å²) in [4.78, 5) is 15.3. The Balaban J connectivity index is 2.30. The van der Waals surface area contributed by atoms with Gasteiger partial charge < -0.3 is 10.8 Å². The van der Waals surface area contributed by atoms with Gasteiger partial charge in [0, 0.05) is 17.3 Å². The second-order valence-corrected chi connectivity index (χ2v) is 4.24. The van der Waals surface area contributed by atoms with E-state index in [0.29, 0.717) is 16.8 Å². The van der Waals surface area contributed by atoms with Crippen molar-refractivity contribution in [2.45, 2.75) is 6.92 Å². The van der Waals surface area contributed by atoms with Crippen LogP contribution in [0.15, 0.2) is 47.5 Å². The van der Waals surface area contributed by atoms with Gasteiger partial charge in [-0.3, -0.25) is 9.79 Å². The predicted molar refractivity (Wildman–Crippen MR) is 75.1 cm³/mol. The maximum Gasteiger partial charge on any atom is 0.248 e. The van der Waals surface area contributed by atoms with E-state index in [2.05, 4.69) is 4.99 Å². The molecule has 4 nitrogen and oxygen atoms in total. The van der Waals surface area contributed by atoms with Crippen molar-refractivity contribution in [1.29, 1.82) is 0 Å². The van der Waals surface area contributed by atoms with Crippen molar-refractivity contribution >= 4 is 17.8 Å². The minimum absolute atomic E-state index is 0.167. The molecule has 0 aromatic heterocycles. The van der Waals surface area contributed by atoms with Gasteiger partial charge in [0.2, 0.25) is 5.91 Å². The number of primary amides is 1. The second-order valence-electron chi connectivity index (χ2n) is 4.24. The SMILES string of the molecule is Cc1ccc(O)c(C=Nc2cccc(C(N)=O)c2)c1. The lowest BCUT2D eigenvalue weighted by atomic mass is 10.1. The number of aliphatic imine (C=N–C) groups is 1. The Morgan fingerprint density at radius 1 is 1.26 bits per heavy atom. The molecule has 2 aromatic rings. The van der Waals surface area contributed by atoms with Crippen LogP contribution < -0.4 is 5.73 Å². The summed E-state index contributed by atoms with van der Waals surface area (Å²) < 4.78 is 0. The van der Waals surface area contributed by atoms with Crippen LogP contribution in [0.25, 0.3) is 0 Å². The zero-order valence-corrected chi connectivity index (χ0v) is 10.5. The Morgan fingerprint density at radius 3 is 2.79 bits per heavy atom. The van der Waals surface area contributed by atoms with Crippen molar-refractivity contribution < 1.29 is 9.90 Å². The first-order chi connectivity index (χ1) is 9.06. The normalized spacial score (nSPS) is 10.8. The summed E-state index contributed by atoms with van der Waals surface area (Å²) in [6.07, 6.45) is 1.56. The van der Waals surface area contributed by atoms with Gasteiger partial charge in [0.05, 0.1) is 5.69 Å². The first-order valence-corrected chi connectivity index (χ1v) is 5.80. The fourth-order valence-electron chi connectivity index (χ4n) is 1.66. The third kappa shape index (κ3) is 3.19. The van der Waals surface area contributed by atoms with Crippen molar-refractivity contribution in [1.82, 2.24) is 0 Å². The molecule has 3 N–H and O–H groups in total. The van der Waals surface area contributed by atoms with Gasteiger partial charge in [-0.2, -0.15) is 0 Å². The molecule has 2 rings (SSSR count). The standard InChI is InChI=1S/C15H14N2O2/c1-10-5-6-14(18)12(7-10)9-17-13-4-2-3-11(8-13)15(16)19/h2-9,18H,1H3,(H2,16,19). The number of carbonyl (C=O) groups excluding carboxylic acids is 1. The lowest BCUT2D eigenvalue weighted by Gasteiger charge is -2.01. The van der Waals surface area contributed by atoms with Crippen molar-refractivity contribution in [2.75, 3.05) is 0 Å². The monoisotopic (exact) mass is 254 g/mol. The van der Waals surface area contributed by atoms with E-state index in [0.717, 1.165) is 5.56 Å². The molecule has 96 valence electrons. The van der Waals surface area contributed by atoms with Crippen LogP contribution in [0.5, 0.6) is 5.75 Å². The van der Waals surface area contributed by atoms with Crippen LogP contribution in [-0.4, -0.2) is 17.2 Å². The number of hydrogen-bond donors (Lipinski definition) is 2. The lowest BCUT2D eigenvalue weighted by Crippen LogP contribution is -2.10. The third-order valence-corrected chi connectivity index (χ3v) is 2.67. The number of carbonyl (C=O) groups is 1. The van der Waals surface area contributed by atoms with Crippen LogP contribution in [0.4, 0.5) is 5.69 Å². The molecule has 19 heavy (non-hydrogen) atoms. The van der Waals surface area contributed by atoms with Gasteiger partial charge in [0.25, 0.3) is 0 Å². The van der Waals surface area contributed by atoms with Crippen molar-refractivity contribution in [3.8, 4) is 5.75 Å². The maximum atomic E-state index is 11.1. The van der Waals surface area contributed by atoms with E-state index < -0.39 is 5.91 Å². The Hall–Kier alpha value is -2.62. The zero-order valence-electron chi connectivity index (χ0n) is 10.5. The number of phenols is 1. The Morgan fingerprint density at radius 2 is 2.05 bits per heavy atom. The minimum atomic E-state index is -0.490. The van der Waals surface area contributed by atoms with Gasteiger partial charge in [-0.05, 0) is 37.3 Å². The number of benzene rings is 2. The molecule has 0 fully saturated rings. The predicted octanol–water partition coefficient (Wildman–Crippen LogP) is 2.55. The molecule has 0 radical (unpaired) electrons. The number of nitrogens with two attached hydrogens (primary N) is 1. The van der Waals surface area contributed by atoms with Crippen LogP contribution in [0, 0.1) is 6.92 Å². The minimum Gasteiger partial charge on any atom is -0.507 e. The summed E-state index contributed by atoms with van der Waals surface area (Å²) in [5.74, 6) is -0.323. The summed E-state index contributed by atoms with van der Waals surface area (Å²) in [6, 6.07) is 12.0. The fraction of sp³-hybridized carbons (Fsp3) is 0.0667. The number of rotatable bonds is 3. The highest BCUT2D eigenvalue weighted by Crippen LogP contribution is 2.18. The highest BCUT2D eigenvalue weighted by Gasteiger charge is 2.01. The number of hydrogen-bond acceptors (Lipinski definition) is 3. The molecule has 0 heterocycles. The summed E-state index contributed by atoms with van der Waals surface area (Å²) >= 11 is 0. The second kappa shape index (κ2) is 5.35. The smallest absolute Gasteiger partial charge is 0.248 e. The molecule has 0 unspecified atom stereocenters. The average molecular weight is 254 g/mol. The van der Waals surface area contributed by atoms with Gasteiger partial charge in [0.15, 0.2) is 0 Å². The largest absolute Gasteiger partial charge is 0.507 e. The molecule has 0 atom stereocenters. The number of aromatic hydroxyl groups is 1. The lowest BCUT2D eigenvalue weighted by molar-refractivity contribution is 0.100. The molecule has 4 heteroatoms. The number of phenolic OH excluding ortho intramolecular Hbond substituents is 1. The van der Waals surface area contributed by atoms with Crippen LogP contribution in [0.2, 0.25) is 0 Å². The summed E-state index contributed by atoms with van der Waals surface area (Å²) in [7, 11) is 0. The number of aryl methyl sites for hydroxylation is 1. The van der Waals surface area contributed by atoms with Gasteiger partial charge >= 0.3 is 0 Å². The Labute approximate surface area is 111 Å². The fourth-order valence-corrected chi connectivity index (χ4v) is 1.66. The molecule has 0 aliphatic rings. The first-order valence-electron chi connectivity index (χ1n) is 5.80. The van der Waals surface area contributed by atoms with E-state index in [4.69, 9.17) is 5.73 Å². The maximum absolute atomic E-state index is 11.1. The van der Waals surface area contributed by atoms with Gasteiger partial charge in [-0.1, -0.05) is 17.7 Å². The highest BCUT2D eigenvalue weighted by atomic mass is 16.3. The van der Waals surface area contributed by atoms with Gasteiger partial charge in [-0.25, -0.2) is 0 Å². The molecule has 0 aliphatic carbocycles. The van der Waals surface area contributed by atoms with Crippen LogP contribution in [-0.2, 0) is 0 Å². The summed E-state index contributed by atoms with van der Waals surface area (Å²) in [5, 5.41) is 9.69. The van der Waals surface area contributed by atoms with Crippen molar-refractivity contribution in [2.24, 2.45) is 10.7 Å². The van der Waals surface area contributed by atoms with Gasteiger partial charge in [-0.15, -0.1) is 0 Å². The molecule has 2 aromatic carbocycles. The average Bonchev–Trinajstić information content (AvgIpc) is 2.40. The Bertz CT molecular complexity index is 648. The first kappa shape index (κ1) is 12.8. The van der Waals surface area contributed by atoms with Crippen molar-refractivity contribution in [3.63, 3.8) is 0 Å². The van der Waals surface area contributed by atoms with Gasteiger partial charge in [0.1, 0.15) is 5.75 Å². The van der Waals surface area contributed by atoms with E-state index >= 15 is 0 Å². The topological polar surface area (TPSA) is 75.7 Å². The van der Waals surface area contributed by atoms with E-state index in [1.54, 1.807) is 36.5 Å². The van der Waals surface area contributed by atoms with Crippen LogP contribution in [0.3, 0.4) is 0 Å². The molecular weight excluding hydrogens is 240 g/mol. The molecule has 0 spiro atoms. The van der Waals surface area contributed by atoms with E-state index in [1.807, 2.05) is 19.1 Å².